The molecule has 1 saturated carbocycles. The van der Waals surface area contributed by atoms with E-state index in [9.17, 15) is 9.18 Å². The van der Waals surface area contributed by atoms with Crippen molar-refractivity contribution in [3.8, 4) is 0 Å². The monoisotopic (exact) mass is 538 g/mol. The highest BCUT2D eigenvalue weighted by molar-refractivity contribution is 5.95. The number of anilines is 4. The second-order valence-corrected chi connectivity index (χ2v) is 9.03. The van der Waals surface area contributed by atoms with Gasteiger partial charge in [0.1, 0.15) is 5.82 Å². The van der Waals surface area contributed by atoms with Gasteiger partial charge in [0.2, 0.25) is 17.8 Å². The van der Waals surface area contributed by atoms with Crippen LogP contribution >= 0.6 is 0 Å². The summed E-state index contributed by atoms with van der Waals surface area (Å²) < 4.78 is 23.9. The molecule has 39 heavy (non-hydrogen) atoms. The van der Waals surface area contributed by atoms with Gasteiger partial charge in [-0.2, -0.15) is 15.0 Å². The van der Waals surface area contributed by atoms with Crippen LogP contribution in [-0.2, 0) is 16.0 Å². The Morgan fingerprint density at radius 1 is 0.949 bits per heavy atom. The second-order valence-electron chi connectivity index (χ2n) is 9.03. The summed E-state index contributed by atoms with van der Waals surface area (Å²) in [5.41, 5.74) is 7.40. The van der Waals surface area contributed by atoms with Crippen LogP contribution in [0.3, 0.4) is 0 Å². The number of hydrogen-bond donors (Lipinski definition) is 5. The summed E-state index contributed by atoms with van der Waals surface area (Å²) in [5.74, 6) is 0.662. The molecule has 4 rings (SSSR count). The molecule has 0 saturated heterocycles. The zero-order valence-corrected chi connectivity index (χ0v) is 21.8. The normalized spacial score (nSPS) is 13.0. The molecule has 3 aromatic rings. The van der Waals surface area contributed by atoms with Gasteiger partial charge in [-0.25, -0.2) is 4.39 Å². The van der Waals surface area contributed by atoms with Gasteiger partial charge < -0.3 is 36.5 Å². The Morgan fingerprint density at radius 3 is 2.44 bits per heavy atom. The van der Waals surface area contributed by atoms with Crippen molar-refractivity contribution in [1.29, 1.82) is 0 Å². The summed E-state index contributed by atoms with van der Waals surface area (Å²) in [7, 11) is 0. The molecule has 0 unspecified atom stereocenters. The largest absolute Gasteiger partial charge is 0.378 e. The van der Waals surface area contributed by atoms with Crippen molar-refractivity contribution in [3.63, 3.8) is 0 Å². The lowest BCUT2D eigenvalue weighted by molar-refractivity contribution is 0.0511. The molecule has 0 atom stereocenters. The molecule has 0 aliphatic heterocycles. The number of nitrogens with two attached hydrogens (primary N) is 1. The van der Waals surface area contributed by atoms with Gasteiger partial charge in [0.05, 0.1) is 26.4 Å². The van der Waals surface area contributed by atoms with Crippen LogP contribution in [0.4, 0.5) is 27.9 Å². The van der Waals surface area contributed by atoms with Crippen molar-refractivity contribution in [1.82, 2.24) is 20.3 Å². The van der Waals surface area contributed by atoms with Crippen LogP contribution in [0, 0.1) is 5.82 Å². The third-order valence-corrected chi connectivity index (χ3v) is 5.98. The number of aromatic nitrogens is 3. The molecule has 1 heterocycles. The van der Waals surface area contributed by atoms with Gasteiger partial charge in [-0.1, -0.05) is 18.2 Å². The van der Waals surface area contributed by atoms with Crippen molar-refractivity contribution < 1.29 is 18.7 Å². The average molecular weight is 539 g/mol. The topological polar surface area (TPSA) is 148 Å². The van der Waals surface area contributed by atoms with Crippen LogP contribution in [0.2, 0.25) is 0 Å². The molecule has 1 amide bonds. The quantitative estimate of drug-likeness (QED) is 0.172. The number of nitrogens with zero attached hydrogens (tertiary/aromatic N) is 3. The maximum absolute atomic E-state index is 13.2. The number of benzene rings is 2. The predicted octanol–water partition coefficient (Wildman–Crippen LogP) is 3.05. The number of hydrogen-bond acceptors (Lipinski definition) is 10. The van der Waals surface area contributed by atoms with E-state index in [0.717, 1.165) is 18.4 Å². The number of nitrogens with one attached hydrogen (secondary N) is 4. The number of ether oxygens (including phenoxy) is 2. The number of rotatable bonds is 16. The number of amides is 1. The number of carbonyl (C=O) groups is 1. The molecule has 0 spiro atoms. The Kier molecular flexibility index (Phi) is 10.8. The third-order valence-electron chi connectivity index (χ3n) is 5.98. The molecule has 6 N–H and O–H groups in total. The Balaban J connectivity index is 1.35. The first kappa shape index (κ1) is 28.1. The smallest absolute Gasteiger partial charge is 0.251 e. The highest BCUT2D eigenvalue weighted by Crippen LogP contribution is 2.23. The van der Waals surface area contributed by atoms with E-state index in [1.165, 1.54) is 18.6 Å². The molecule has 1 aliphatic rings. The lowest BCUT2D eigenvalue weighted by Gasteiger charge is -2.26. The summed E-state index contributed by atoms with van der Waals surface area (Å²) in [6.45, 7) is 3.07. The van der Waals surface area contributed by atoms with Crippen LogP contribution in [0.15, 0.2) is 48.5 Å². The molecular weight excluding hydrogens is 503 g/mol. The fourth-order valence-electron chi connectivity index (χ4n) is 3.71. The van der Waals surface area contributed by atoms with E-state index in [1.54, 1.807) is 30.3 Å². The van der Waals surface area contributed by atoms with Crippen LogP contribution < -0.4 is 27.0 Å². The maximum atomic E-state index is 13.2. The van der Waals surface area contributed by atoms with Gasteiger partial charge in [0.15, 0.2) is 0 Å². The lowest BCUT2D eigenvalue weighted by atomic mass is 9.93. The average Bonchev–Trinajstić information content (AvgIpc) is 2.92. The van der Waals surface area contributed by atoms with Crippen molar-refractivity contribution in [3.05, 3.63) is 65.5 Å². The highest BCUT2D eigenvalue weighted by atomic mass is 19.1. The van der Waals surface area contributed by atoms with Gasteiger partial charge >= 0.3 is 0 Å². The summed E-state index contributed by atoms with van der Waals surface area (Å²) in [6.07, 6.45) is 3.31. The maximum Gasteiger partial charge on any atom is 0.251 e. The van der Waals surface area contributed by atoms with Gasteiger partial charge in [-0.05, 0) is 55.2 Å². The van der Waals surface area contributed by atoms with Crippen molar-refractivity contribution in [2.45, 2.75) is 31.8 Å². The molecule has 1 aromatic heterocycles. The predicted molar refractivity (Wildman–Crippen MR) is 148 cm³/mol. The van der Waals surface area contributed by atoms with Gasteiger partial charge in [-0.15, -0.1) is 0 Å². The van der Waals surface area contributed by atoms with Gasteiger partial charge in [-0.3, -0.25) is 4.79 Å². The molecule has 0 radical (unpaired) electrons. The minimum Gasteiger partial charge on any atom is -0.378 e. The third kappa shape index (κ3) is 9.43. The summed E-state index contributed by atoms with van der Waals surface area (Å²) in [5, 5.41) is 12.5. The van der Waals surface area contributed by atoms with Crippen molar-refractivity contribution in [2.75, 3.05) is 55.5 Å². The Bertz CT molecular complexity index is 1190. The van der Waals surface area contributed by atoms with Crippen LogP contribution in [0.25, 0.3) is 0 Å². The zero-order valence-electron chi connectivity index (χ0n) is 21.8. The SMILES string of the molecule is NCCOCCOCCNC(=O)c1cccc(Nc2nc(NCc3ccc(F)cc3)nc(NC3CCC3)n2)c1. The molecule has 12 heteroatoms. The van der Waals surface area contributed by atoms with E-state index in [4.69, 9.17) is 15.2 Å². The molecule has 11 nitrogen and oxygen atoms in total. The van der Waals surface area contributed by atoms with E-state index < -0.39 is 0 Å². The minimum absolute atomic E-state index is 0.216. The Hall–Kier alpha value is -3.87. The highest BCUT2D eigenvalue weighted by Gasteiger charge is 2.19. The van der Waals surface area contributed by atoms with E-state index in [1.807, 2.05) is 6.07 Å². The van der Waals surface area contributed by atoms with Crippen LogP contribution in [0.5, 0.6) is 0 Å². The minimum atomic E-state index is -0.286. The summed E-state index contributed by atoms with van der Waals surface area (Å²) >= 11 is 0. The molecular formula is C27H35FN8O3. The van der Waals surface area contributed by atoms with Crippen molar-refractivity contribution in [2.24, 2.45) is 5.73 Å². The Labute approximate surface area is 227 Å². The molecule has 208 valence electrons. The first-order valence-electron chi connectivity index (χ1n) is 13.1. The number of carbonyl (C=O) groups excluding carboxylic acids is 1. The molecule has 2 aromatic carbocycles. The summed E-state index contributed by atoms with van der Waals surface area (Å²) in [6, 6.07) is 13.6. The van der Waals surface area contributed by atoms with Crippen LogP contribution in [-0.4, -0.2) is 66.4 Å². The van der Waals surface area contributed by atoms with E-state index >= 15 is 0 Å². The van der Waals surface area contributed by atoms with E-state index in [-0.39, 0.29) is 11.7 Å². The zero-order chi connectivity index (χ0) is 27.3. The van der Waals surface area contributed by atoms with Crippen molar-refractivity contribution >= 4 is 29.4 Å². The number of halogens is 1. The summed E-state index contributed by atoms with van der Waals surface area (Å²) in [4.78, 5) is 26.1. The first-order valence-corrected chi connectivity index (χ1v) is 13.1. The first-order chi connectivity index (χ1) is 19.1. The molecule has 0 bridgehead atoms. The fourth-order valence-corrected chi connectivity index (χ4v) is 3.71. The molecule has 1 aliphatic carbocycles. The Morgan fingerprint density at radius 2 is 1.69 bits per heavy atom. The van der Waals surface area contributed by atoms with E-state index in [2.05, 4.69) is 36.2 Å². The standard InChI is InChI=1S/C27H35FN8O3/c28-21-9-7-19(8-10-21)18-31-25-34-26(32-22-4-2-5-22)36-27(35-25)33-23-6-1-3-20(17-23)24(37)30-12-14-39-16-15-38-13-11-29/h1,3,6-10,17,22H,2,4-5,11-16,18,29H2,(H,30,37)(H3,31,32,33,34,35,36). The van der Waals surface area contributed by atoms with E-state index in [0.29, 0.717) is 81.2 Å². The van der Waals surface area contributed by atoms with Gasteiger partial charge in [0, 0.05) is 36.9 Å². The van der Waals surface area contributed by atoms with Gasteiger partial charge in [0.25, 0.3) is 5.91 Å². The second kappa shape index (κ2) is 14.9. The van der Waals surface area contributed by atoms with Crippen LogP contribution in [0.1, 0.15) is 35.2 Å². The fraction of sp³-hybridized carbons (Fsp3) is 0.407. The lowest BCUT2D eigenvalue weighted by Crippen LogP contribution is -2.28. The molecule has 1 fully saturated rings.